The molecule has 0 aliphatic carbocycles. The van der Waals surface area contributed by atoms with E-state index in [1.165, 1.54) is 0 Å². The molecular weight excluding hydrogens is 204 g/mol. The van der Waals surface area contributed by atoms with E-state index < -0.39 is 0 Å². The lowest BCUT2D eigenvalue weighted by Crippen LogP contribution is -2.21. The summed E-state index contributed by atoms with van der Waals surface area (Å²) < 4.78 is 10.8. The monoisotopic (exact) mass is 220 g/mol. The van der Waals surface area contributed by atoms with Gasteiger partial charge in [0.25, 0.3) is 0 Å². The minimum absolute atomic E-state index is 0.108. The van der Waals surface area contributed by atoms with E-state index in [9.17, 15) is 4.79 Å². The van der Waals surface area contributed by atoms with Crippen molar-refractivity contribution < 1.29 is 14.3 Å². The maximum absolute atomic E-state index is 12.1. The largest absolute Gasteiger partial charge is 0.497 e. The Morgan fingerprint density at radius 1 is 1.38 bits per heavy atom. The maximum atomic E-state index is 12.1. The third kappa shape index (κ3) is 2.03. The Bertz CT molecular complexity index is 421. The number of fused-ring (bicyclic) bond motifs is 1. The Balaban J connectivity index is 2.42. The van der Waals surface area contributed by atoms with Crippen molar-refractivity contribution in [3.63, 3.8) is 0 Å². The Kier molecular flexibility index (Phi) is 2.62. The zero-order valence-electron chi connectivity index (χ0n) is 9.87. The quantitative estimate of drug-likeness (QED) is 0.730. The van der Waals surface area contributed by atoms with Crippen molar-refractivity contribution >= 4 is 5.78 Å². The fourth-order valence-corrected chi connectivity index (χ4v) is 1.83. The number of carbonyl (C=O) groups is 1. The summed E-state index contributed by atoms with van der Waals surface area (Å²) in [5.41, 5.74) is 0.522. The Morgan fingerprint density at radius 2 is 2.12 bits per heavy atom. The second kappa shape index (κ2) is 3.81. The lowest BCUT2D eigenvalue weighted by Gasteiger charge is -2.19. The van der Waals surface area contributed by atoms with Crippen LogP contribution >= 0.6 is 0 Å². The second-order valence-electron chi connectivity index (χ2n) is 4.91. The van der Waals surface area contributed by atoms with Gasteiger partial charge >= 0.3 is 0 Å². The first-order valence-electron chi connectivity index (χ1n) is 5.36. The Labute approximate surface area is 95.4 Å². The van der Waals surface area contributed by atoms with E-state index in [2.05, 4.69) is 0 Å². The highest BCUT2D eigenvalue weighted by molar-refractivity contribution is 5.99. The molecule has 1 aliphatic rings. The highest BCUT2D eigenvalue weighted by Gasteiger charge is 2.29. The summed E-state index contributed by atoms with van der Waals surface area (Å²) in [5, 5.41) is 0. The van der Waals surface area contributed by atoms with Gasteiger partial charge in [-0.05, 0) is 18.2 Å². The molecule has 2 rings (SSSR count). The summed E-state index contributed by atoms with van der Waals surface area (Å²) in [7, 11) is 1.59. The molecule has 1 aromatic carbocycles. The van der Waals surface area contributed by atoms with Gasteiger partial charge in [-0.1, -0.05) is 13.8 Å². The number of ketones is 1. The summed E-state index contributed by atoms with van der Waals surface area (Å²) in [6.07, 6.45) is 0.507. The lowest BCUT2D eigenvalue weighted by molar-refractivity contribution is 0.0917. The van der Waals surface area contributed by atoms with Crippen LogP contribution in [0, 0.1) is 5.41 Å². The van der Waals surface area contributed by atoms with E-state index in [0.29, 0.717) is 30.1 Å². The molecule has 0 atom stereocenters. The zero-order chi connectivity index (χ0) is 11.8. The zero-order valence-corrected chi connectivity index (χ0v) is 9.87. The van der Waals surface area contributed by atoms with E-state index in [1.54, 1.807) is 19.2 Å². The van der Waals surface area contributed by atoms with Gasteiger partial charge in [-0.25, -0.2) is 0 Å². The van der Waals surface area contributed by atoms with Gasteiger partial charge in [0, 0.05) is 11.8 Å². The molecule has 0 fully saturated rings. The van der Waals surface area contributed by atoms with Gasteiger partial charge < -0.3 is 9.47 Å². The van der Waals surface area contributed by atoms with Crippen LogP contribution in [-0.4, -0.2) is 19.5 Å². The number of ether oxygens (including phenoxy) is 2. The van der Waals surface area contributed by atoms with Crippen LogP contribution in [0.2, 0.25) is 0 Å². The SMILES string of the molecule is COc1ccc2c(c1)C(=O)CC(C)(C)CO2. The molecule has 0 amide bonds. The second-order valence-corrected chi connectivity index (χ2v) is 4.91. The van der Waals surface area contributed by atoms with Gasteiger partial charge in [0.2, 0.25) is 0 Å². The molecule has 0 bridgehead atoms. The van der Waals surface area contributed by atoms with Crippen LogP contribution in [0.25, 0.3) is 0 Å². The van der Waals surface area contributed by atoms with Gasteiger partial charge in [0.1, 0.15) is 11.5 Å². The lowest BCUT2D eigenvalue weighted by atomic mass is 9.87. The molecule has 3 nitrogen and oxygen atoms in total. The topological polar surface area (TPSA) is 35.5 Å². The molecule has 0 radical (unpaired) electrons. The van der Waals surface area contributed by atoms with Crippen LogP contribution in [0.3, 0.4) is 0 Å². The summed E-state index contributed by atoms with van der Waals surface area (Å²) >= 11 is 0. The number of rotatable bonds is 1. The highest BCUT2D eigenvalue weighted by Crippen LogP contribution is 2.34. The molecule has 1 aromatic rings. The van der Waals surface area contributed by atoms with E-state index in [-0.39, 0.29) is 11.2 Å². The van der Waals surface area contributed by atoms with Crippen LogP contribution < -0.4 is 9.47 Å². The van der Waals surface area contributed by atoms with Crippen LogP contribution in [0.1, 0.15) is 30.6 Å². The van der Waals surface area contributed by atoms with Crippen LogP contribution in [0.5, 0.6) is 11.5 Å². The van der Waals surface area contributed by atoms with E-state index in [0.717, 1.165) is 0 Å². The van der Waals surface area contributed by atoms with Crippen molar-refractivity contribution in [1.29, 1.82) is 0 Å². The summed E-state index contributed by atoms with van der Waals surface area (Å²) in [6, 6.07) is 5.36. The number of hydrogen-bond acceptors (Lipinski definition) is 3. The third-order valence-electron chi connectivity index (χ3n) is 2.74. The number of Topliss-reactive ketones (excluding diaryl/α,β-unsaturated/α-hetero) is 1. The van der Waals surface area contributed by atoms with Crippen LogP contribution in [0.4, 0.5) is 0 Å². The van der Waals surface area contributed by atoms with Gasteiger partial charge in [0.15, 0.2) is 5.78 Å². The van der Waals surface area contributed by atoms with Crippen molar-refractivity contribution in [2.24, 2.45) is 5.41 Å². The molecule has 1 heterocycles. The fraction of sp³-hybridized carbons (Fsp3) is 0.462. The average Bonchev–Trinajstić information content (AvgIpc) is 2.35. The van der Waals surface area contributed by atoms with Crippen molar-refractivity contribution in [2.75, 3.05) is 13.7 Å². The summed E-state index contributed by atoms with van der Waals surface area (Å²) in [6.45, 7) is 4.64. The van der Waals surface area contributed by atoms with Crippen molar-refractivity contribution in [2.45, 2.75) is 20.3 Å². The normalized spacial score (nSPS) is 18.3. The Morgan fingerprint density at radius 3 is 2.81 bits per heavy atom. The van der Waals surface area contributed by atoms with Crippen molar-refractivity contribution in [1.82, 2.24) is 0 Å². The smallest absolute Gasteiger partial charge is 0.167 e. The van der Waals surface area contributed by atoms with Gasteiger partial charge in [-0.2, -0.15) is 0 Å². The summed E-state index contributed by atoms with van der Waals surface area (Å²) in [5.74, 6) is 1.48. The van der Waals surface area contributed by atoms with Crippen LogP contribution in [0.15, 0.2) is 18.2 Å². The molecule has 3 heteroatoms. The summed E-state index contributed by atoms with van der Waals surface area (Å²) in [4.78, 5) is 12.1. The molecule has 0 saturated heterocycles. The predicted octanol–water partition coefficient (Wildman–Crippen LogP) is 2.69. The average molecular weight is 220 g/mol. The van der Waals surface area contributed by atoms with Crippen molar-refractivity contribution in [3.8, 4) is 11.5 Å². The standard InChI is InChI=1S/C13H16O3/c1-13(2)7-11(14)10-6-9(15-3)4-5-12(10)16-8-13/h4-6H,7-8H2,1-3H3. The van der Waals surface area contributed by atoms with Gasteiger partial charge in [-0.15, -0.1) is 0 Å². The first kappa shape index (κ1) is 11.0. The molecule has 0 aromatic heterocycles. The maximum Gasteiger partial charge on any atom is 0.167 e. The molecule has 1 aliphatic heterocycles. The fourth-order valence-electron chi connectivity index (χ4n) is 1.83. The third-order valence-corrected chi connectivity index (χ3v) is 2.74. The minimum Gasteiger partial charge on any atom is -0.497 e. The number of hydrogen-bond donors (Lipinski definition) is 0. The van der Waals surface area contributed by atoms with Crippen molar-refractivity contribution in [3.05, 3.63) is 23.8 Å². The number of carbonyl (C=O) groups excluding carboxylic acids is 1. The minimum atomic E-state index is -0.108. The Hall–Kier alpha value is -1.51. The molecule has 0 saturated carbocycles. The molecule has 0 spiro atoms. The van der Waals surface area contributed by atoms with E-state index in [4.69, 9.17) is 9.47 Å². The predicted molar refractivity (Wildman–Crippen MR) is 61.2 cm³/mol. The first-order chi connectivity index (χ1) is 7.52. The molecule has 86 valence electrons. The molecule has 0 unspecified atom stereocenters. The molecule has 16 heavy (non-hydrogen) atoms. The molecular formula is C13H16O3. The van der Waals surface area contributed by atoms with E-state index >= 15 is 0 Å². The molecule has 0 N–H and O–H groups in total. The first-order valence-corrected chi connectivity index (χ1v) is 5.36. The van der Waals surface area contributed by atoms with Gasteiger partial charge in [-0.3, -0.25) is 4.79 Å². The van der Waals surface area contributed by atoms with E-state index in [1.807, 2.05) is 19.9 Å². The highest BCUT2D eigenvalue weighted by atomic mass is 16.5. The number of benzene rings is 1. The van der Waals surface area contributed by atoms with Crippen LogP contribution in [-0.2, 0) is 0 Å². The number of methoxy groups -OCH3 is 1. The van der Waals surface area contributed by atoms with Gasteiger partial charge in [0.05, 0.1) is 19.3 Å².